The molecule has 4 rings (SSSR count). The largest absolute Gasteiger partial charge is 0.493 e. The molecule has 0 aliphatic carbocycles. The van der Waals surface area contributed by atoms with E-state index in [4.69, 9.17) is 9.47 Å². The average molecular weight is 429 g/mol. The van der Waals surface area contributed by atoms with E-state index in [0.29, 0.717) is 11.5 Å². The highest BCUT2D eigenvalue weighted by Crippen LogP contribution is 2.42. The van der Waals surface area contributed by atoms with Crippen LogP contribution in [-0.4, -0.2) is 25.1 Å². The minimum absolute atomic E-state index is 0.0617. The van der Waals surface area contributed by atoms with Gasteiger partial charge in [0.15, 0.2) is 11.5 Å². The van der Waals surface area contributed by atoms with Crippen LogP contribution in [0.2, 0.25) is 0 Å². The van der Waals surface area contributed by atoms with Crippen LogP contribution in [0.1, 0.15) is 34.6 Å². The Bertz CT molecular complexity index is 1260. The molecule has 4 aromatic rings. The molecular formula is C27H28N2O3. The first-order valence-electron chi connectivity index (χ1n) is 10.7. The highest BCUT2D eigenvalue weighted by molar-refractivity contribution is 5.93. The standard InChI is InChI=1S/C27H28N2O3/c1-17-12-13-19(14-18(17)2)29-26(30)15-22(21-9-7-11-25(31-3)27(21)32-4)23-16-28-24-10-6-5-8-20(23)24/h5-14,16,22,28H,15H2,1-4H3,(H,29,30)/t22-/m1/s1. The van der Waals surface area contributed by atoms with Gasteiger partial charge in [-0.3, -0.25) is 4.79 Å². The van der Waals surface area contributed by atoms with Gasteiger partial charge in [-0.1, -0.05) is 36.4 Å². The number of anilines is 1. The number of aromatic amines is 1. The normalized spacial score (nSPS) is 11.9. The first-order chi connectivity index (χ1) is 15.5. The van der Waals surface area contributed by atoms with Gasteiger partial charge in [0.2, 0.25) is 5.91 Å². The molecule has 5 nitrogen and oxygen atoms in total. The Labute approximate surface area is 188 Å². The number of aryl methyl sites for hydroxylation is 2. The second-order valence-corrected chi connectivity index (χ2v) is 7.98. The number of aromatic nitrogens is 1. The minimum Gasteiger partial charge on any atom is -0.493 e. The number of fused-ring (bicyclic) bond motifs is 1. The summed E-state index contributed by atoms with van der Waals surface area (Å²) in [6.07, 6.45) is 2.25. The van der Waals surface area contributed by atoms with E-state index in [1.54, 1.807) is 14.2 Å². The number of nitrogens with one attached hydrogen (secondary N) is 2. The van der Waals surface area contributed by atoms with Crippen LogP contribution in [0.15, 0.2) is 66.9 Å². The molecule has 0 unspecified atom stereocenters. The zero-order valence-corrected chi connectivity index (χ0v) is 18.9. The molecular weight excluding hydrogens is 400 g/mol. The van der Waals surface area contributed by atoms with Crippen LogP contribution in [-0.2, 0) is 4.79 Å². The molecule has 1 amide bonds. The number of benzene rings is 3. The maximum Gasteiger partial charge on any atom is 0.225 e. The molecule has 1 atom stereocenters. The first-order valence-corrected chi connectivity index (χ1v) is 10.7. The molecule has 164 valence electrons. The molecule has 5 heteroatoms. The molecule has 0 saturated carbocycles. The van der Waals surface area contributed by atoms with Gasteiger partial charge in [-0.15, -0.1) is 0 Å². The van der Waals surface area contributed by atoms with Gasteiger partial charge in [0, 0.05) is 40.7 Å². The van der Waals surface area contributed by atoms with Crippen molar-refractivity contribution in [2.75, 3.05) is 19.5 Å². The highest BCUT2D eigenvalue weighted by Gasteiger charge is 2.26. The Morgan fingerprint density at radius 1 is 0.938 bits per heavy atom. The zero-order chi connectivity index (χ0) is 22.7. The molecule has 1 heterocycles. The third kappa shape index (κ3) is 4.19. The van der Waals surface area contributed by atoms with Crippen molar-refractivity contribution in [3.63, 3.8) is 0 Å². The van der Waals surface area contributed by atoms with Crippen LogP contribution >= 0.6 is 0 Å². The van der Waals surface area contributed by atoms with E-state index in [-0.39, 0.29) is 18.2 Å². The molecule has 0 fully saturated rings. The van der Waals surface area contributed by atoms with E-state index in [0.717, 1.165) is 33.3 Å². The van der Waals surface area contributed by atoms with E-state index in [1.807, 2.05) is 67.7 Å². The van der Waals surface area contributed by atoms with Crippen LogP contribution in [0, 0.1) is 13.8 Å². The van der Waals surface area contributed by atoms with E-state index in [1.165, 1.54) is 5.56 Å². The SMILES string of the molecule is COc1cccc([C@@H](CC(=O)Nc2ccc(C)c(C)c2)c2c[nH]c3ccccc23)c1OC. The van der Waals surface area contributed by atoms with Crippen molar-refractivity contribution in [3.8, 4) is 11.5 Å². The number of carbonyl (C=O) groups is 1. The third-order valence-electron chi connectivity index (χ3n) is 5.99. The number of carbonyl (C=O) groups excluding carboxylic acids is 1. The lowest BCUT2D eigenvalue weighted by Gasteiger charge is -2.21. The van der Waals surface area contributed by atoms with E-state index >= 15 is 0 Å². The zero-order valence-electron chi connectivity index (χ0n) is 18.9. The molecule has 0 radical (unpaired) electrons. The molecule has 0 aliphatic heterocycles. The van der Waals surface area contributed by atoms with Gasteiger partial charge < -0.3 is 19.8 Å². The van der Waals surface area contributed by atoms with Crippen molar-refractivity contribution in [2.24, 2.45) is 0 Å². The number of rotatable bonds is 7. The Kier molecular flexibility index (Phi) is 6.17. The lowest BCUT2D eigenvalue weighted by Crippen LogP contribution is -2.17. The Balaban J connectivity index is 1.75. The third-order valence-corrected chi connectivity index (χ3v) is 5.99. The van der Waals surface area contributed by atoms with Gasteiger partial charge in [-0.05, 0) is 54.8 Å². The van der Waals surface area contributed by atoms with Crippen LogP contribution in [0.25, 0.3) is 10.9 Å². The molecule has 0 aliphatic rings. The summed E-state index contributed by atoms with van der Waals surface area (Å²) in [4.78, 5) is 16.5. The van der Waals surface area contributed by atoms with Gasteiger partial charge in [0.25, 0.3) is 0 Å². The molecule has 0 saturated heterocycles. The molecule has 0 spiro atoms. The van der Waals surface area contributed by atoms with Crippen molar-refractivity contribution in [1.29, 1.82) is 0 Å². The quantitative estimate of drug-likeness (QED) is 0.382. The van der Waals surface area contributed by atoms with Gasteiger partial charge >= 0.3 is 0 Å². The number of para-hydroxylation sites is 2. The number of methoxy groups -OCH3 is 2. The fourth-order valence-corrected chi connectivity index (χ4v) is 4.17. The molecule has 32 heavy (non-hydrogen) atoms. The smallest absolute Gasteiger partial charge is 0.225 e. The number of H-pyrrole nitrogens is 1. The second kappa shape index (κ2) is 9.18. The summed E-state index contributed by atoms with van der Waals surface area (Å²) in [5.74, 6) is 1.00. The van der Waals surface area contributed by atoms with Crippen LogP contribution in [0.3, 0.4) is 0 Å². The predicted octanol–water partition coefficient (Wildman–Crippen LogP) is 5.96. The van der Waals surface area contributed by atoms with Gasteiger partial charge in [0.05, 0.1) is 14.2 Å². The summed E-state index contributed by atoms with van der Waals surface area (Å²) in [5.41, 5.74) is 6.12. The summed E-state index contributed by atoms with van der Waals surface area (Å²) in [6.45, 7) is 4.10. The van der Waals surface area contributed by atoms with Crippen molar-refractivity contribution < 1.29 is 14.3 Å². The van der Waals surface area contributed by atoms with Crippen molar-refractivity contribution >= 4 is 22.5 Å². The van der Waals surface area contributed by atoms with E-state index in [9.17, 15) is 4.79 Å². The number of hydrogen-bond acceptors (Lipinski definition) is 3. The fourth-order valence-electron chi connectivity index (χ4n) is 4.17. The van der Waals surface area contributed by atoms with Gasteiger partial charge in [-0.25, -0.2) is 0 Å². The molecule has 0 bridgehead atoms. The van der Waals surface area contributed by atoms with E-state index in [2.05, 4.69) is 23.3 Å². The predicted molar refractivity (Wildman–Crippen MR) is 129 cm³/mol. The fraction of sp³-hybridized carbons (Fsp3) is 0.222. The maximum atomic E-state index is 13.2. The van der Waals surface area contributed by atoms with Crippen LogP contribution < -0.4 is 14.8 Å². The first kappa shape index (κ1) is 21.5. The topological polar surface area (TPSA) is 63.3 Å². The molecule has 1 aromatic heterocycles. The number of ether oxygens (including phenoxy) is 2. The highest BCUT2D eigenvalue weighted by atomic mass is 16.5. The van der Waals surface area contributed by atoms with Crippen molar-refractivity contribution in [2.45, 2.75) is 26.2 Å². The Hall–Kier alpha value is -3.73. The maximum absolute atomic E-state index is 13.2. The number of amides is 1. The van der Waals surface area contributed by atoms with Gasteiger partial charge in [-0.2, -0.15) is 0 Å². The lowest BCUT2D eigenvalue weighted by atomic mass is 9.87. The number of hydrogen-bond donors (Lipinski definition) is 2. The molecule has 2 N–H and O–H groups in total. The average Bonchev–Trinajstić information content (AvgIpc) is 3.23. The lowest BCUT2D eigenvalue weighted by molar-refractivity contribution is -0.116. The van der Waals surface area contributed by atoms with E-state index < -0.39 is 0 Å². The monoisotopic (exact) mass is 428 g/mol. The van der Waals surface area contributed by atoms with Crippen LogP contribution in [0.5, 0.6) is 11.5 Å². The Morgan fingerprint density at radius 3 is 2.50 bits per heavy atom. The summed E-state index contributed by atoms with van der Waals surface area (Å²) >= 11 is 0. The minimum atomic E-state index is -0.220. The van der Waals surface area contributed by atoms with Gasteiger partial charge in [0.1, 0.15) is 0 Å². The summed E-state index contributed by atoms with van der Waals surface area (Å²) in [5, 5.41) is 4.15. The van der Waals surface area contributed by atoms with Crippen molar-refractivity contribution in [3.05, 3.63) is 89.1 Å². The summed E-state index contributed by atoms with van der Waals surface area (Å²) in [7, 11) is 3.25. The summed E-state index contributed by atoms with van der Waals surface area (Å²) in [6, 6.07) is 19.9. The molecule has 3 aromatic carbocycles. The summed E-state index contributed by atoms with van der Waals surface area (Å²) < 4.78 is 11.2. The second-order valence-electron chi connectivity index (χ2n) is 7.98. The van der Waals surface area contributed by atoms with Crippen molar-refractivity contribution in [1.82, 2.24) is 4.98 Å². The Morgan fingerprint density at radius 2 is 1.75 bits per heavy atom. The van der Waals surface area contributed by atoms with Crippen LogP contribution in [0.4, 0.5) is 5.69 Å².